The minimum absolute atomic E-state index is 0.0213. The van der Waals surface area contributed by atoms with E-state index < -0.39 is 6.10 Å². The molecule has 0 aliphatic rings. The number of hydrogen-bond donors (Lipinski definition) is 5. The zero-order valence-electron chi connectivity index (χ0n) is 18.6. The molecule has 6 N–H and O–H groups in total. The number of aromatic amines is 1. The lowest BCUT2D eigenvalue weighted by molar-refractivity contribution is 0.102. The van der Waals surface area contributed by atoms with Gasteiger partial charge in [-0.25, -0.2) is 9.97 Å². The van der Waals surface area contributed by atoms with Gasteiger partial charge in [0.25, 0.3) is 5.91 Å². The molecule has 0 radical (unpaired) electrons. The van der Waals surface area contributed by atoms with Crippen LogP contribution >= 0.6 is 11.6 Å². The van der Waals surface area contributed by atoms with Gasteiger partial charge in [0.05, 0.1) is 22.7 Å². The summed E-state index contributed by atoms with van der Waals surface area (Å²) in [5, 5.41) is 22.9. The lowest BCUT2D eigenvalue weighted by Crippen LogP contribution is -2.13. The number of amides is 1. The highest BCUT2D eigenvalue weighted by Crippen LogP contribution is 2.31. The van der Waals surface area contributed by atoms with E-state index in [1.54, 1.807) is 30.3 Å². The van der Waals surface area contributed by atoms with Gasteiger partial charge in [-0.2, -0.15) is 5.10 Å². The molecule has 11 heteroatoms. The van der Waals surface area contributed by atoms with Crippen LogP contribution in [0.15, 0.2) is 42.7 Å². The van der Waals surface area contributed by atoms with Crippen LogP contribution in [-0.2, 0) is 0 Å². The van der Waals surface area contributed by atoms with Crippen molar-refractivity contribution in [1.29, 1.82) is 0 Å². The van der Waals surface area contributed by atoms with Crippen molar-refractivity contribution in [3.63, 3.8) is 0 Å². The van der Waals surface area contributed by atoms with Crippen LogP contribution in [0.2, 0.25) is 5.02 Å². The number of rotatable bonds is 8. The summed E-state index contributed by atoms with van der Waals surface area (Å²) in [5.41, 5.74) is 9.61. The summed E-state index contributed by atoms with van der Waals surface area (Å²) in [6.45, 7) is 4.10. The Hall–Kier alpha value is -3.89. The highest BCUT2D eigenvalue weighted by atomic mass is 35.5. The van der Waals surface area contributed by atoms with Gasteiger partial charge in [0.1, 0.15) is 29.7 Å². The Labute approximate surface area is 200 Å². The molecule has 2 heterocycles. The number of halogens is 1. The first kappa shape index (κ1) is 23.3. The van der Waals surface area contributed by atoms with Gasteiger partial charge in [0, 0.05) is 23.9 Å². The zero-order chi connectivity index (χ0) is 24.2. The molecular formula is C23H24ClN7O3. The van der Waals surface area contributed by atoms with Crippen LogP contribution < -0.4 is 21.1 Å². The van der Waals surface area contributed by atoms with E-state index in [-0.39, 0.29) is 12.5 Å². The normalized spacial score (nSPS) is 11.9. The van der Waals surface area contributed by atoms with E-state index in [0.717, 1.165) is 5.56 Å². The van der Waals surface area contributed by atoms with Crippen LogP contribution in [-0.4, -0.2) is 44.3 Å². The van der Waals surface area contributed by atoms with E-state index in [2.05, 4.69) is 30.8 Å². The molecule has 4 rings (SSSR count). The molecule has 10 nitrogen and oxygen atoms in total. The molecule has 1 unspecified atom stereocenters. The number of benzene rings is 2. The number of nitrogens with one attached hydrogen (secondary N) is 3. The highest BCUT2D eigenvalue weighted by molar-refractivity contribution is 6.33. The molecule has 0 saturated heterocycles. The summed E-state index contributed by atoms with van der Waals surface area (Å²) in [7, 11) is 0. The van der Waals surface area contributed by atoms with Crippen molar-refractivity contribution >= 4 is 45.7 Å². The molecule has 1 atom stereocenters. The Morgan fingerprint density at radius 3 is 2.85 bits per heavy atom. The Balaban J connectivity index is 1.51. The van der Waals surface area contributed by atoms with Crippen molar-refractivity contribution in [2.24, 2.45) is 0 Å². The molecule has 2 aromatic carbocycles. The summed E-state index contributed by atoms with van der Waals surface area (Å²) in [4.78, 5) is 20.9. The van der Waals surface area contributed by atoms with Crippen molar-refractivity contribution < 1.29 is 14.6 Å². The molecule has 0 spiro atoms. The van der Waals surface area contributed by atoms with E-state index in [1.165, 1.54) is 6.33 Å². The third-order valence-electron chi connectivity index (χ3n) is 5.21. The topological polar surface area (TPSA) is 151 Å². The maximum Gasteiger partial charge on any atom is 0.255 e. The van der Waals surface area contributed by atoms with Crippen LogP contribution in [0.25, 0.3) is 11.0 Å². The molecule has 4 aromatic rings. The maximum absolute atomic E-state index is 12.8. The molecule has 0 fully saturated rings. The molecule has 34 heavy (non-hydrogen) atoms. The largest absolute Gasteiger partial charge is 0.484 e. The lowest BCUT2D eigenvalue weighted by Gasteiger charge is -2.17. The summed E-state index contributed by atoms with van der Waals surface area (Å²) in [5.74, 6) is 0.582. The SMILES string of the molecule is Cc1ccc(NC(=O)c2ccc(NCCO)c(Cl)c2)cc1OC(C)c1n[nH]c2ncnc(N)c12. The number of H-pyrrole nitrogens is 1. The van der Waals surface area contributed by atoms with E-state index in [0.29, 0.717) is 56.8 Å². The monoisotopic (exact) mass is 481 g/mol. The zero-order valence-corrected chi connectivity index (χ0v) is 19.3. The average Bonchev–Trinajstić information content (AvgIpc) is 3.26. The highest BCUT2D eigenvalue weighted by Gasteiger charge is 2.19. The fourth-order valence-corrected chi connectivity index (χ4v) is 3.69. The average molecular weight is 482 g/mol. The van der Waals surface area contributed by atoms with Gasteiger partial charge in [0.15, 0.2) is 5.65 Å². The van der Waals surface area contributed by atoms with Crippen LogP contribution in [0.3, 0.4) is 0 Å². The molecule has 0 saturated carbocycles. The Morgan fingerprint density at radius 2 is 2.09 bits per heavy atom. The predicted octanol–water partition coefficient (Wildman–Crippen LogP) is 3.69. The number of aromatic nitrogens is 4. The molecule has 2 aromatic heterocycles. The van der Waals surface area contributed by atoms with Crippen LogP contribution in [0.1, 0.15) is 34.6 Å². The number of anilines is 3. The summed E-state index contributed by atoms with van der Waals surface area (Å²) >= 11 is 6.25. The number of fused-ring (bicyclic) bond motifs is 1. The number of carbonyl (C=O) groups excluding carboxylic acids is 1. The van der Waals surface area contributed by atoms with Gasteiger partial charge in [0.2, 0.25) is 0 Å². The van der Waals surface area contributed by atoms with Crippen molar-refractivity contribution in [2.75, 3.05) is 29.5 Å². The van der Waals surface area contributed by atoms with E-state index >= 15 is 0 Å². The number of nitrogen functional groups attached to an aromatic ring is 1. The van der Waals surface area contributed by atoms with Crippen LogP contribution in [0.5, 0.6) is 5.75 Å². The van der Waals surface area contributed by atoms with Gasteiger partial charge < -0.3 is 26.2 Å². The van der Waals surface area contributed by atoms with Gasteiger partial charge in [-0.3, -0.25) is 9.89 Å². The first-order chi connectivity index (χ1) is 16.4. The molecule has 0 bridgehead atoms. The summed E-state index contributed by atoms with van der Waals surface area (Å²) in [6, 6.07) is 10.3. The van der Waals surface area contributed by atoms with Crippen LogP contribution in [0, 0.1) is 6.92 Å². The number of hydrogen-bond acceptors (Lipinski definition) is 8. The Morgan fingerprint density at radius 1 is 1.26 bits per heavy atom. The second kappa shape index (κ2) is 9.94. The number of ether oxygens (including phenoxy) is 1. The molecule has 1 amide bonds. The number of carbonyl (C=O) groups is 1. The van der Waals surface area contributed by atoms with E-state index in [4.69, 9.17) is 27.2 Å². The van der Waals surface area contributed by atoms with Crippen molar-refractivity contribution in [2.45, 2.75) is 20.0 Å². The second-order valence-corrected chi connectivity index (χ2v) is 8.04. The van der Waals surface area contributed by atoms with E-state index in [9.17, 15) is 4.79 Å². The third kappa shape index (κ3) is 4.87. The minimum Gasteiger partial charge on any atom is -0.484 e. The lowest BCUT2D eigenvalue weighted by atomic mass is 10.1. The number of aryl methyl sites for hydroxylation is 1. The Bertz CT molecular complexity index is 1340. The number of nitrogens with zero attached hydrogens (tertiary/aromatic N) is 3. The standard InChI is InChI=1S/C23H24ClN7O3/c1-12-3-5-15(29-23(33)14-4-6-17(16(24)9-14)26-7-8-32)10-18(12)34-13(2)20-19-21(25)27-11-28-22(19)31-30-20/h3-6,9-11,13,26,32H,7-8H2,1-2H3,(H,29,33)(H3,25,27,28,30,31). The second-order valence-electron chi connectivity index (χ2n) is 7.63. The minimum atomic E-state index is -0.454. The summed E-state index contributed by atoms with van der Waals surface area (Å²) in [6.07, 6.45) is 0.915. The fraction of sp³-hybridized carbons (Fsp3) is 0.217. The Kier molecular flexibility index (Phi) is 6.80. The summed E-state index contributed by atoms with van der Waals surface area (Å²) < 4.78 is 6.16. The smallest absolute Gasteiger partial charge is 0.255 e. The molecular weight excluding hydrogens is 458 g/mol. The first-order valence-corrected chi connectivity index (χ1v) is 10.9. The van der Waals surface area contributed by atoms with Gasteiger partial charge in [-0.15, -0.1) is 0 Å². The van der Waals surface area contributed by atoms with E-state index in [1.807, 2.05) is 19.9 Å². The molecule has 0 aliphatic carbocycles. The van der Waals surface area contributed by atoms with Gasteiger partial charge >= 0.3 is 0 Å². The number of nitrogens with two attached hydrogens (primary N) is 1. The van der Waals surface area contributed by atoms with Crippen LogP contribution in [0.4, 0.5) is 17.2 Å². The molecule has 176 valence electrons. The maximum atomic E-state index is 12.8. The van der Waals surface area contributed by atoms with Crippen molar-refractivity contribution in [3.05, 3.63) is 64.6 Å². The third-order valence-corrected chi connectivity index (χ3v) is 5.52. The quantitative estimate of drug-likeness (QED) is 0.255. The van der Waals surface area contributed by atoms with Crippen molar-refractivity contribution in [1.82, 2.24) is 20.2 Å². The number of aliphatic hydroxyl groups excluding tert-OH is 1. The van der Waals surface area contributed by atoms with Gasteiger partial charge in [-0.05, 0) is 43.7 Å². The number of aliphatic hydroxyl groups is 1. The first-order valence-electron chi connectivity index (χ1n) is 10.5. The van der Waals surface area contributed by atoms with Crippen molar-refractivity contribution in [3.8, 4) is 5.75 Å². The molecule has 0 aliphatic heterocycles. The van der Waals surface area contributed by atoms with Gasteiger partial charge in [-0.1, -0.05) is 17.7 Å². The predicted molar refractivity (Wildman–Crippen MR) is 131 cm³/mol. The fourth-order valence-electron chi connectivity index (χ4n) is 3.44.